The van der Waals surface area contributed by atoms with Crippen LogP contribution >= 0.6 is 11.6 Å². The van der Waals surface area contributed by atoms with E-state index in [1.54, 1.807) is 6.20 Å². The van der Waals surface area contributed by atoms with Crippen molar-refractivity contribution in [2.75, 3.05) is 49.7 Å². The number of anilines is 2. The average molecular weight is 501 g/mol. The first-order valence-corrected chi connectivity index (χ1v) is 13.1. The highest BCUT2D eigenvalue weighted by molar-refractivity contribution is 6.34. The summed E-state index contributed by atoms with van der Waals surface area (Å²) in [6.45, 7) is 6.23. The molecule has 4 fully saturated rings. The summed E-state index contributed by atoms with van der Waals surface area (Å²) in [4.78, 5) is 19.8. The van der Waals surface area contributed by atoms with Crippen LogP contribution in [0.4, 0.5) is 11.5 Å². The van der Waals surface area contributed by atoms with E-state index in [0.29, 0.717) is 36.5 Å². The van der Waals surface area contributed by atoms with Crippen molar-refractivity contribution in [3.63, 3.8) is 0 Å². The Labute approximate surface area is 210 Å². The van der Waals surface area contributed by atoms with Crippen LogP contribution in [-0.2, 0) is 14.3 Å². The fourth-order valence-electron chi connectivity index (χ4n) is 6.46. The lowest BCUT2D eigenvalue weighted by molar-refractivity contribution is -0.141. The molecule has 1 aromatic heterocycles. The molecule has 8 nitrogen and oxygen atoms in total. The second kappa shape index (κ2) is 9.16. The van der Waals surface area contributed by atoms with Crippen LogP contribution in [0.15, 0.2) is 24.4 Å². The number of fused-ring (bicyclic) bond motifs is 1. The number of hydroxylamine groups is 2. The van der Waals surface area contributed by atoms with Crippen molar-refractivity contribution in [3.05, 3.63) is 29.4 Å². The summed E-state index contributed by atoms with van der Waals surface area (Å²) in [6.07, 6.45) is 5.61. The third-order valence-electron chi connectivity index (χ3n) is 8.69. The molecule has 2 aromatic rings. The number of carbonyl (C=O) groups excluding carboxylic acids is 1. The highest BCUT2D eigenvalue weighted by Crippen LogP contribution is 2.59. The lowest BCUT2D eigenvalue weighted by atomic mass is 9.89. The molecule has 0 bridgehead atoms. The van der Waals surface area contributed by atoms with E-state index in [1.165, 1.54) is 5.06 Å². The molecular weight excluding hydrogens is 468 g/mol. The predicted molar refractivity (Wildman–Crippen MR) is 134 cm³/mol. The van der Waals surface area contributed by atoms with E-state index >= 15 is 0 Å². The quantitative estimate of drug-likeness (QED) is 0.657. The zero-order valence-corrected chi connectivity index (χ0v) is 20.8. The molecule has 3 aliphatic heterocycles. The summed E-state index contributed by atoms with van der Waals surface area (Å²) >= 11 is 6.79. The number of piperazine rings is 1. The Bertz CT molecular complexity index is 1120. The summed E-state index contributed by atoms with van der Waals surface area (Å²) in [5.41, 5.74) is 1.08. The normalized spacial score (nSPS) is 30.7. The number of hydrogen-bond acceptors (Lipinski definition) is 7. The molecule has 4 atom stereocenters. The number of pyridine rings is 1. The predicted octanol–water partition coefficient (Wildman–Crippen LogP) is 3.95. The smallest absolute Gasteiger partial charge is 0.229 e. The second-order valence-electron chi connectivity index (χ2n) is 10.7. The molecule has 4 heterocycles. The molecule has 188 valence electrons. The number of hydrogen-bond donors (Lipinski definition) is 2. The molecule has 2 N–H and O–H groups in total. The Balaban J connectivity index is 1.26. The number of benzene rings is 1. The Kier molecular flexibility index (Phi) is 6.13. The van der Waals surface area contributed by atoms with E-state index in [4.69, 9.17) is 21.1 Å². The summed E-state index contributed by atoms with van der Waals surface area (Å²) in [7, 11) is 0. The van der Waals surface area contributed by atoms with Gasteiger partial charge >= 0.3 is 0 Å². The van der Waals surface area contributed by atoms with Crippen LogP contribution in [0.5, 0.6) is 0 Å². The number of amides is 1. The van der Waals surface area contributed by atoms with Gasteiger partial charge in [0.1, 0.15) is 5.82 Å². The van der Waals surface area contributed by atoms with Gasteiger partial charge in [-0.3, -0.25) is 4.79 Å². The number of ether oxygens (including phenoxy) is 2. The molecule has 9 heteroatoms. The summed E-state index contributed by atoms with van der Waals surface area (Å²) in [6, 6.07) is 6.03. The van der Waals surface area contributed by atoms with Crippen molar-refractivity contribution in [1.82, 2.24) is 10.0 Å². The number of rotatable bonds is 4. The number of aromatic nitrogens is 1. The molecule has 1 saturated carbocycles. The van der Waals surface area contributed by atoms with E-state index in [1.807, 2.05) is 12.1 Å². The van der Waals surface area contributed by atoms with E-state index < -0.39 is 0 Å². The van der Waals surface area contributed by atoms with Gasteiger partial charge in [-0.2, -0.15) is 5.06 Å². The van der Waals surface area contributed by atoms with E-state index in [0.717, 1.165) is 62.0 Å². The van der Waals surface area contributed by atoms with Crippen LogP contribution in [0.2, 0.25) is 5.02 Å². The topological polar surface area (TPSA) is 87.2 Å². The van der Waals surface area contributed by atoms with E-state index in [-0.39, 0.29) is 29.3 Å². The van der Waals surface area contributed by atoms with Gasteiger partial charge in [-0.05, 0) is 61.6 Å². The van der Waals surface area contributed by atoms with E-state index in [9.17, 15) is 10.0 Å². The van der Waals surface area contributed by atoms with Gasteiger partial charge in [0.05, 0.1) is 29.4 Å². The third-order valence-corrected chi connectivity index (χ3v) is 8.99. The van der Waals surface area contributed by atoms with Gasteiger partial charge in [-0.25, -0.2) is 4.98 Å². The Morgan fingerprint density at radius 3 is 2.77 bits per heavy atom. The second-order valence-corrected chi connectivity index (χ2v) is 11.1. The highest BCUT2D eigenvalue weighted by Gasteiger charge is 2.58. The van der Waals surface area contributed by atoms with Crippen molar-refractivity contribution in [2.24, 2.45) is 17.3 Å². The van der Waals surface area contributed by atoms with Gasteiger partial charge in [0.15, 0.2) is 0 Å². The summed E-state index contributed by atoms with van der Waals surface area (Å²) in [5, 5.41) is 17.5. The van der Waals surface area contributed by atoms with Crippen LogP contribution in [0, 0.1) is 17.3 Å². The van der Waals surface area contributed by atoms with Crippen LogP contribution in [0.25, 0.3) is 10.8 Å². The van der Waals surface area contributed by atoms with Crippen molar-refractivity contribution in [2.45, 2.75) is 44.7 Å². The maximum atomic E-state index is 12.9. The summed E-state index contributed by atoms with van der Waals surface area (Å²) < 4.78 is 11.2. The molecule has 1 aromatic carbocycles. The first kappa shape index (κ1) is 23.4. The van der Waals surface area contributed by atoms with E-state index in [2.05, 4.69) is 28.2 Å². The molecule has 1 aliphatic carbocycles. The van der Waals surface area contributed by atoms with Gasteiger partial charge in [0, 0.05) is 56.3 Å². The number of nitrogens with one attached hydrogen (secondary N) is 1. The molecular formula is C26H33ClN4O4. The van der Waals surface area contributed by atoms with Crippen LogP contribution in [0.3, 0.4) is 0 Å². The fourth-order valence-corrected chi connectivity index (χ4v) is 6.74. The molecule has 1 spiro atoms. The van der Waals surface area contributed by atoms with Gasteiger partial charge in [0.25, 0.3) is 0 Å². The minimum Gasteiger partial charge on any atom is -0.381 e. The lowest BCUT2D eigenvalue weighted by Crippen LogP contribution is -2.60. The van der Waals surface area contributed by atoms with Gasteiger partial charge in [-0.1, -0.05) is 11.6 Å². The van der Waals surface area contributed by atoms with Crippen LogP contribution < -0.4 is 10.2 Å². The van der Waals surface area contributed by atoms with Crippen molar-refractivity contribution < 1.29 is 19.5 Å². The molecule has 3 saturated heterocycles. The van der Waals surface area contributed by atoms with Crippen LogP contribution in [-0.4, -0.2) is 72.8 Å². The minimum atomic E-state index is -0.0365. The largest absolute Gasteiger partial charge is 0.381 e. The van der Waals surface area contributed by atoms with Crippen molar-refractivity contribution in [3.8, 4) is 0 Å². The van der Waals surface area contributed by atoms with Gasteiger partial charge in [-0.15, -0.1) is 0 Å². The Morgan fingerprint density at radius 2 is 2.00 bits per heavy atom. The third kappa shape index (κ3) is 4.29. The minimum absolute atomic E-state index is 0.0365. The lowest BCUT2D eigenvalue weighted by Gasteiger charge is -2.47. The zero-order chi connectivity index (χ0) is 24.2. The zero-order valence-electron chi connectivity index (χ0n) is 20.1. The van der Waals surface area contributed by atoms with Gasteiger partial charge in [0.2, 0.25) is 5.91 Å². The molecule has 35 heavy (non-hydrogen) atoms. The Morgan fingerprint density at radius 1 is 1.17 bits per heavy atom. The number of halogens is 1. The molecule has 4 aliphatic rings. The molecule has 0 radical (unpaired) electrons. The maximum absolute atomic E-state index is 12.9. The summed E-state index contributed by atoms with van der Waals surface area (Å²) in [5.74, 6) is 1.01. The highest BCUT2D eigenvalue weighted by atomic mass is 35.5. The fraction of sp³-hybridized carbons (Fsp3) is 0.615. The number of nitrogens with zero attached hydrogens (tertiary/aromatic N) is 3. The van der Waals surface area contributed by atoms with Gasteiger partial charge < -0.3 is 24.9 Å². The molecule has 6 rings (SSSR count). The standard InChI is InChI=1S/C26H33ClN4O4/c1-16-24(17-2-7-35-15-17)30(5-6-31(16)33)22-11-18-12-23(28-14-19(18)10-21(22)27)29-25(32)20-13-26(20)3-8-34-9-4-26/h10-12,14,16-17,20,24,33H,2-9,13,15H2,1H3,(H,28,29,32)/t16-,17?,20?,24?/m0/s1. The Hall–Kier alpha value is -1.97. The maximum Gasteiger partial charge on any atom is 0.229 e. The molecule has 1 amide bonds. The van der Waals surface area contributed by atoms with Crippen molar-refractivity contribution in [1.29, 1.82) is 0 Å². The SMILES string of the molecule is C[C@H]1C(C2CCOC2)N(c2cc3cc(NC(=O)C4CC45CCOCC5)ncc3cc2Cl)CCN1O. The monoisotopic (exact) mass is 500 g/mol. The van der Waals surface area contributed by atoms with Crippen LogP contribution in [0.1, 0.15) is 32.6 Å². The average Bonchev–Trinajstić information content (AvgIpc) is 3.27. The first-order valence-electron chi connectivity index (χ1n) is 12.7. The molecule has 3 unspecified atom stereocenters. The number of carbonyl (C=O) groups is 1. The van der Waals surface area contributed by atoms with Crippen molar-refractivity contribution >= 4 is 39.8 Å². The first-order chi connectivity index (χ1) is 16.9.